The summed E-state index contributed by atoms with van der Waals surface area (Å²) in [5.74, 6) is 2.55. The summed E-state index contributed by atoms with van der Waals surface area (Å²) in [6.07, 6.45) is 6.44. The number of piperidine rings is 1. The van der Waals surface area contributed by atoms with Crippen molar-refractivity contribution in [2.24, 2.45) is 0 Å². The Hall–Kier alpha value is -2.34. The first kappa shape index (κ1) is 19.4. The molecule has 1 amide bonds. The normalized spacial score (nSPS) is 17.7. The number of pyridine rings is 1. The molecular formula is C21H30N4O2. The maximum Gasteiger partial charge on any atom is 0.252 e. The number of amides is 1. The predicted molar refractivity (Wildman–Crippen MR) is 107 cm³/mol. The van der Waals surface area contributed by atoms with Gasteiger partial charge in [0, 0.05) is 25.8 Å². The molecule has 6 heteroatoms. The van der Waals surface area contributed by atoms with Gasteiger partial charge < -0.3 is 19.5 Å². The Morgan fingerprint density at radius 3 is 2.85 bits per heavy atom. The van der Waals surface area contributed by atoms with Gasteiger partial charge in [0.05, 0.1) is 12.1 Å². The molecule has 3 rings (SSSR count). The van der Waals surface area contributed by atoms with E-state index < -0.39 is 0 Å². The van der Waals surface area contributed by atoms with Crippen molar-refractivity contribution in [1.29, 1.82) is 0 Å². The maximum absolute atomic E-state index is 12.3. The van der Waals surface area contributed by atoms with Gasteiger partial charge in [-0.15, -0.1) is 0 Å². The average molecular weight is 370 g/mol. The van der Waals surface area contributed by atoms with Crippen LogP contribution >= 0.6 is 0 Å². The van der Waals surface area contributed by atoms with Crippen molar-refractivity contribution in [3.8, 4) is 0 Å². The van der Waals surface area contributed by atoms with Gasteiger partial charge in [-0.05, 0) is 64.0 Å². The Balaban J connectivity index is 1.48. The maximum atomic E-state index is 12.3. The standard InChI is InChI=1S/C21H30N4O2/c1-16-7-9-19(27-16)15-25(3)20-10-8-17(14-23-20)21(26)22-12-11-18-6-4-5-13-24(18)2/h7-10,14,18H,4-6,11-13,15H2,1-3H3,(H,22,26). The highest BCUT2D eigenvalue weighted by Gasteiger charge is 2.18. The second kappa shape index (κ2) is 9.04. The highest BCUT2D eigenvalue weighted by molar-refractivity contribution is 5.94. The number of carbonyl (C=O) groups excluding carboxylic acids is 1. The molecule has 1 unspecified atom stereocenters. The summed E-state index contributed by atoms with van der Waals surface area (Å²) in [5.41, 5.74) is 0.595. The number of nitrogens with zero attached hydrogens (tertiary/aromatic N) is 3. The zero-order valence-corrected chi connectivity index (χ0v) is 16.6. The van der Waals surface area contributed by atoms with Gasteiger partial charge in [0.25, 0.3) is 5.91 Å². The molecule has 2 aromatic heterocycles. The van der Waals surface area contributed by atoms with Gasteiger partial charge in [-0.3, -0.25) is 4.79 Å². The molecule has 6 nitrogen and oxygen atoms in total. The van der Waals surface area contributed by atoms with Gasteiger partial charge in [-0.25, -0.2) is 4.98 Å². The van der Waals surface area contributed by atoms with Gasteiger partial charge in [0.1, 0.15) is 17.3 Å². The van der Waals surface area contributed by atoms with Crippen molar-refractivity contribution in [2.45, 2.75) is 45.2 Å². The zero-order chi connectivity index (χ0) is 19.2. The fourth-order valence-electron chi connectivity index (χ4n) is 3.59. The van der Waals surface area contributed by atoms with Crippen molar-refractivity contribution < 1.29 is 9.21 Å². The van der Waals surface area contributed by atoms with Crippen molar-refractivity contribution in [1.82, 2.24) is 15.2 Å². The zero-order valence-electron chi connectivity index (χ0n) is 16.6. The Morgan fingerprint density at radius 1 is 1.33 bits per heavy atom. The van der Waals surface area contributed by atoms with Crippen LogP contribution in [-0.2, 0) is 6.54 Å². The molecule has 1 atom stereocenters. The van der Waals surface area contributed by atoms with E-state index >= 15 is 0 Å². The Morgan fingerprint density at radius 2 is 2.19 bits per heavy atom. The minimum Gasteiger partial charge on any atom is -0.464 e. The van der Waals surface area contributed by atoms with Crippen LogP contribution in [0.4, 0.5) is 5.82 Å². The number of aryl methyl sites for hydroxylation is 1. The van der Waals surface area contributed by atoms with Gasteiger partial charge >= 0.3 is 0 Å². The lowest BCUT2D eigenvalue weighted by molar-refractivity contribution is 0.0945. The van der Waals surface area contributed by atoms with Gasteiger partial charge in [-0.2, -0.15) is 0 Å². The van der Waals surface area contributed by atoms with Crippen molar-refractivity contribution in [3.05, 3.63) is 47.5 Å². The van der Waals surface area contributed by atoms with E-state index in [1.165, 1.54) is 19.3 Å². The number of likely N-dealkylation sites (tertiary alicyclic amines) is 1. The summed E-state index contributed by atoms with van der Waals surface area (Å²) < 4.78 is 5.60. The average Bonchev–Trinajstić information content (AvgIpc) is 3.08. The van der Waals surface area contributed by atoms with Crippen LogP contribution in [0.3, 0.4) is 0 Å². The molecule has 0 aliphatic carbocycles. The van der Waals surface area contributed by atoms with Gasteiger partial charge in [-0.1, -0.05) is 6.42 Å². The minimum absolute atomic E-state index is 0.0585. The van der Waals surface area contributed by atoms with Crippen LogP contribution in [0.1, 0.15) is 47.6 Å². The molecular weight excluding hydrogens is 340 g/mol. The van der Waals surface area contributed by atoms with E-state index in [0.717, 1.165) is 30.3 Å². The fourth-order valence-corrected chi connectivity index (χ4v) is 3.59. The lowest BCUT2D eigenvalue weighted by Gasteiger charge is -2.32. The largest absolute Gasteiger partial charge is 0.464 e. The second-order valence-corrected chi connectivity index (χ2v) is 7.45. The summed E-state index contributed by atoms with van der Waals surface area (Å²) in [6.45, 7) is 4.44. The SMILES string of the molecule is Cc1ccc(CN(C)c2ccc(C(=O)NCCC3CCCCN3C)cn2)o1. The summed E-state index contributed by atoms with van der Waals surface area (Å²) in [5, 5.41) is 3.02. The number of furan rings is 1. The van der Waals surface area contributed by atoms with Gasteiger partial charge in [0.15, 0.2) is 0 Å². The highest BCUT2D eigenvalue weighted by atomic mass is 16.3. The first-order chi connectivity index (χ1) is 13.0. The molecule has 0 saturated carbocycles. The molecule has 1 N–H and O–H groups in total. The molecule has 0 spiro atoms. The van der Waals surface area contributed by atoms with E-state index in [9.17, 15) is 4.79 Å². The van der Waals surface area contributed by atoms with Crippen LogP contribution < -0.4 is 10.2 Å². The van der Waals surface area contributed by atoms with E-state index in [4.69, 9.17) is 4.42 Å². The summed E-state index contributed by atoms with van der Waals surface area (Å²) in [4.78, 5) is 21.2. The van der Waals surface area contributed by atoms with Crippen molar-refractivity contribution in [2.75, 3.05) is 32.1 Å². The van der Waals surface area contributed by atoms with Gasteiger partial charge in [0.2, 0.25) is 0 Å². The molecule has 0 aromatic carbocycles. The molecule has 0 bridgehead atoms. The fraction of sp³-hybridized carbons (Fsp3) is 0.524. The summed E-state index contributed by atoms with van der Waals surface area (Å²) in [6, 6.07) is 8.21. The summed E-state index contributed by atoms with van der Waals surface area (Å²) in [7, 11) is 4.13. The van der Waals surface area contributed by atoms with E-state index in [1.54, 1.807) is 6.20 Å². The molecule has 3 heterocycles. The van der Waals surface area contributed by atoms with Crippen LogP contribution in [0.5, 0.6) is 0 Å². The van der Waals surface area contributed by atoms with Crippen LogP contribution in [0, 0.1) is 6.92 Å². The quantitative estimate of drug-likeness (QED) is 0.811. The molecule has 1 saturated heterocycles. The Labute approximate surface area is 161 Å². The lowest BCUT2D eigenvalue weighted by Crippen LogP contribution is -2.39. The van der Waals surface area contributed by atoms with Crippen LogP contribution in [0.2, 0.25) is 0 Å². The predicted octanol–water partition coefficient (Wildman–Crippen LogP) is 3.22. The Bertz CT molecular complexity index is 741. The molecule has 1 aliphatic rings. The molecule has 146 valence electrons. The number of anilines is 1. The number of nitrogens with one attached hydrogen (secondary N) is 1. The third kappa shape index (κ3) is 5.32. The third-order valence-electron chi connectivity index (χ3n) is 5.27. The number of aromatic nitrogens is 1. The van der Waals surface area contributed by atoms with E-state index in [0.29, 0.717) is 24.7 Å². The number of hydrogen-bond donors (Lipinski definition) is 1. The number of carbonyl (C=O) groups is 1. The first-order valence-corrected chi connectivity index (χ1v) is 9.74. The molecule has 1 aliphatic heterocycles. The van der Waals surface area contributed by atoms with Crippen LogP contribution in [0.25, 0.3) is 0 Å². The highest BCUT2D eigenvalue weighted by Crippen LogP contribution is 2.17. The monoisotopic (exact) mass is 370 g/mol. The second-order valence-electron chi connectivity index (χ2n) is 7.45. The lowest BCUT2D eigenvalue weighted by atomic mass is 10.0. The van der Waals surface area contributed by atoms with E-state index in [-0.39, 0.29) is 5.91 Å². The first-order valence-electron chi connectivity index (χ1n) is 9.74. The van der Waals surface area contributed by atoms with E-state index in [1.807, 2.05) is 43.1 Å². The van der Waals surface area contributed by atoms with Crippen molar-refractivity contribution in [3.63, 3.8) is 0 Å². The smallest absolute Gasteiger partial charge is 0.252 e. The minimum atomic E-state index is -0.0585. The molecule has 27 heavy (non-hydrogen) atoms. The number of hydrogen-bond acceptors (Lipinski definition) is 5. The van der Waals surface area contributed by atoms with Crippen LogP contribution in [-0.4, -0.2) is 49.0 Å². The number of rotatable bonds is 7. The molecule has 1 fully saturated rings. The molecule has 2 aromatic rings. The van der Waals surface area contributed by atoms with E-state index in [2.05, 4.69) is 22.2 Å². The van der Waals surface area contributed by atoms with Crippen molar-refractivity contribution >= 4 is 11.7 Å². The Kier molecular flexibility index (Phi) is 6.50. The molecule has 0 radical (unpaired) electrons. The third-order valence-corrected chi connectivity index (χ3v) is 5.27. The summed E-state index contributed by atoms with van der Waals surface area (Å²) >= 11 is 0. The topological polar surface area (TPSA) is 61.6 Å². The van der Waals surface area contributed by atoms with Crippen LogP contribution in [0.15, 0.2) is 34.9 Å².